The number of hydrogen-bond acceptors (Lipinski definition) is 4. The van der Waals surface area contributed by atoms with E-state index < -0.39 is 24.5 Å². The van der Waals surface area contributed by atoms with Gasteiger partial charge in [-0.25, -0.2) is 4.79 Å². The highest BCUT2D eigenvalue weighted by molar-refractivity contribution is 6.30. The highest BCUT2D eigenvalue weighted by Gasteiger charge is 2.33. The van der Waals surface area contributed by atoms with Crippen molar-refractivity contribution in [2.45, 2.75) is 24.9 Å². The normalized spacial score (nSPS) is 14.8. The van der Waals surface area contributed by atoms with Crippen LogP contribution in [0, 0.1) is 0 Å². The number of nitrogens with zero attached hydrogens (tertiary/aromatic N) is 3. The summed E-state index contributed by atoms with van der Waals surface area (Å²) in [6.45, 7) is -1.55. The quantitative estimate of drug-likeness (QED) is 0.746. The van der Waals surface area contributed by atoms with E-state index in [1.54, 1.807) is 24.3 Å². The van der Waals surface area contributed by atoms with Crippen LogP contribution in [0.15, 0.2) is 29.1 Å². The van der Waals surface area contributed by atoms with E-state index in [1.807, 2.05) is 0 Å². The smallest absolute Gasteiger partial charge is 0.422 e. The summed E-state index contributed by atoms with van der Waals surface area (Å²) in [5, 5.41) is 4.86. The lowest BCUT2D eigenvalue weighted by atomic mass is 10.0. The molecule has 1 fully saturated rings. The molecule has 0 atom stereocenters. The van der Waals surface area contributed by atoms with Gasteiger partial charge in [0.15, 0.2) is 12.3 Å². The predicted molar refractivity (Wildman–Crippen MR) is 87.6 cm³/mol. The Bertz CT molecular complexity index is 1020. The molecular weight excluding hydrogens is 373 g/mol. The van der Waals surface area contributed by atoms with E-state index in [-0.39, 0.29) is 11.6 Å². The first kappa shape index (κ1) is 16.9. The molecule has 1 N–H and O–H groups in total. The van der Waals surface area contributed by atoms with Crippen LogP contribution in [-0.4, -0.2) is 32.4 Å². The standard InChI is InChI=1S/C16H12ClF3N4O2/c17-10-5-3-8(4-6-10)11-12(9-1-2-9)23-24-13(11)21-14(22-15(24)25)26-7-16(18,19)20/h3-6,9H,1-2,7H2,(H,21,22,25). The Morgan fingerprint density at radius 1 is 1.27 bits per heavy atom. The van der Waals surface area contributed by atoms with E-state index in [0.29, 0.717) is 16.3 Å². The fourth-order valence-electron chi connectivity index (χ4n) is 2.69. The molecule has 0 unspecified atom stereocenters. The van der Waals surface area contributed by atoms with E-state index >= 15 is 0 Å². The SMILES string of the molecule is O=c1[nH]c(OCC(F)(F)F)nc2c(-c3ccc(Cl)cc3)c(C3CC3)nn12. The molecule has 0 spiro atoms. The fraction of sp³-hybridized carbons (Fsp3) is 0.312. The summed E-state index contributed by atoms with van der Waals surface area (Å²) in [5.41, 5.74) is 1.46. The molecule has 1 aliphatic carbocycles. The summed E-state index contributed by atoms with van der Waals surface area (Å²) in [6.07, 6.45) is -2.68. The van der Waals surface area contributed by atoms with Crippen molar-refractivity contribution in [3.8, 4) is 17.1 Å². The number of aromatic amines is 1. The first-order valence-corrected chi connectivity index (χ1v) is 8.18. The highest BCUT2D eigenvalue weighted by Crippen LogP contribution is 2.44. The molecule has 0 amide bonds. The molecule has 2 aromatic heterocycles. The van der Waals surface area contributed by atoms with E-state index in [2.05, 4.69) is 19.8 Å². The average molecular weight is 385 g/mol. The zero-order chi connectivity index (χ0) is 18.5. The van der Waals surface area contributed by atoms with Gasteiger partial charge in [-0.2, -0.15) is 27.8 Å². The Morgan fingerprint density at radius 2 is 1.96 bits per heavy atom. The van der Waals surface area contributed by atoms with Crippen molar-refractivity contribution in [1.82, 2.24) is 19.6 Å². The molecule has 1 aliphatic rings. The zero-order valence-corrected chi connectivity index (χ0v) is 13.9. The molecule has 1 aromatic carbocycles. The van der Waals surface area contributed by atoms with Crippen molar-refractivity contribution in [3.05, 3.63) is 45.5 Å². The minimum Gasteiger partial charge on any atom is -0.455 e. The highest BCUT2D eigenvalue weighted by atomic mass is 35.5. The van der Waals surface area contributed by atoms with Crippen molar-refractivity contribution in [2.24, 2.45) is 0 Å². The van der Waals surface area contributed by atoms with Gasteiger partial charge in [-0.15, -0.1) is 0 Å². The molecule has 6 nitrogen and oxygen atoms in total. The summed E-state index contributed by atoms with van der Waals surface area (Å²) in [5.74, 6) is 0.196. The van der Waals surface area contributed by atoms with Gasteiger partial charge < -0.3 is 4.74 Å². The maximum atomic E-state index is 12.4. The topological polar surface area (TPSA) is 72.3 Å². The minimum absolute atomic E-state index is 0.148. The number of hydrogen-bond donors (Lipinski definition) is 1. The van der Waals surface area contributed by atoms with Gasteiger partial charge in [0.25, 0.3) is 6.01 Å². The molecular formula is C16H12ClF3N4O2. The Morgan fingerprint density at radius 3 is 2.58 bits per heavy atom. The molecule has 26 heavy (non-hydrogen) atoms. The Kier molecular flexibility index (Phi) is 3.91. The summed E-state index contributed by atoms with van der Waals surface area (Å²) in [7, 11) is 0. The van der Waals surface area contributed by atoms with Crippen LogP contribution in [0.4, 0.5) is 13.2 Å². The number of ether oxygens (including phenoxy) is 1. The summed E-state index contributed by atoms with van der Waals surface area (Å²) in [4.78, 5) is 18.5. The van der Waals surface area contributed by atoms with Crippen molar-refractivity contribution in [3.63, 3.8) is 0 Å². The first-order valence-electron chi connectivity index (χ1n) is 7.80. The number of nitrogens with one attached hydrogen (secondary N) is 1. The van der Waals surface area contributed by atoms with Gasteiger partial charge in [0, 0.05) is 10.9 Å². The Hall–Kier alpha value is -2.55. The number of alkyl halides is 3. The summed E-state index contributed by atoms with van der Waals surface area (Å²) in [6, 6.07) is 6.38. The van der Waals surface area contributed by atoms with Gasteiger partial charge in [0.2, 0.25) is 0 Å². The average Bonchev–Trinajstić information content (AvgIpc) is 3.34. The summed E-state index contributed by atoms with van der Waals surface area (Å²) >= 11 is 5.92. The third-order valence-corrected chi connectivity index (χ3v) is 4.22. The third kappa shape index (κ3) is 3.26. The molecule has 10 heteroatoms. The predicted octanol–water partition coefficient (Wildman–Crippen LogP) is 3.56. The maximum Gasteiger partial charge on any atom is 0.422 e. The number of aromatic nitrogens is 4. The number of halogens is 4. The number of rotatable bonds is 4. The van der Waals surface area contributed by atoms with Crippen LogP contribution in [0.3, 0.4) is 0 Å². The van der Waals surface area contributed by atoms with Gasteiger partial charge in [-0.05, 0) is 30.5 Å². The largest absolute Gasteiger partial charge is 0.455 e. The molecule has 1 saturated carbocycles. The molecule has 0 aliphatic heterocycles. The van der Waals surface area contributed by atoms with Crippen LogP contribution < -0.4 is 10.4 Å². The lowest BCUT2D eigenvalue weighted by Gasteiger charge is -2.08. The van der Waals surface area contributed by atoms with Crippen molar-refractivity contribution >= 4 is 17.2 Å². The van der Waals surface area contributed by atoms with Crippen molar-refractivity contribution in [1.29, 1.82) is 0 Å². The molecule has 0 saturated heterocycles. The van der Waals surface area contributed by atoms with E-state index in [0.717, 1.165) is 22.9 Å². The first-order chi connectivity index (χ1) is 12.3. The minimum atomic E-state index is -4.54. The van der Waals surface area contributed by atoms with Crippen LogP contribution in [-0.2, 0) is 0 Å². The lowest BCUT2D eigenvalue weighted by molar-refractivity contribution is -0.154. The molecule has 0 bridgehead atoms. The molecule has 4 rings (SSSR count). The second-order valence-electron chi connectivity index (χ2n) is 6.03. The fourth-order valence-corrected chi connectivity index (χ4v) is 2.82. The second-order valence-corrected chi connectivity index (χ2v) is 6.46. The monoisotopic (exact) mass is 384 g/mol. The second kappa shape index (κ2) is 6.01. The van der Waals surface area contributed by atoms with Crippen LogP contribution in [0.2, 0.25) is 5.02 Å². The maximum absolute atomic E-state index is 12.4. The van der Waals surface area contributed by atoms with Gasteiger partial charge in [-0.3, -0.25) is 4.98 Å². The van der Waals surface area contributed by atoms with Gasteiger partial charge in [0.05, 0.1) is 11.3 Å². The molecule has 2 heterocycles. The molecule has 3 aromatic rings. The van der Waals surface area contributed by atoms with Gasteiger partial charge >= 0.3 is 11.9 Å². The van der Waals surface area contributed by atoms with Gasteiger partial charge in [0.1, 0.15) is 0 Å². The zero-order valence-electron chi connectivity index (χ0n) is 13.2. The number of benzene rings is 1. The number of fused-ring (bicyclic) bond motifs is 1. The Balaban J connectivity index is 1.87. The van der Waals surface area contributed by atoms with Crippen LogP contribution >= 0.6 is 11.6 Å². The Labute approximate surface area is 149 Å². The van der Waals surface area contributed by atoms with Gasteiger partial charge in [-0.1, -0.05) is 23.7 Å². The van der Waals surface area contributed by atoms with Crippen LogP contribution in [0.5, 0.6) is 6.01 Å². The molecule has 0 radical (unpaired) electrons. The lowest BCUT2D eigenvalue weighted by Crippen LogP contribution is -2.24. The molecule has 136 valence electrons. The summed E-state index contributed by atoms with van der Waals surface area (Å²) < 4.78 is 42.8. The van der Waals surface area contributed by atoms with E-state index in [4.69, 9.17) is 11.6 Å². The third-order valence-electron chi connectivity index (χ3n) is 3.97. The van der Waals surface area contributed by atoms with Crippen molar-refractivity contribution < 1.29 is 17.9 Å². The van der Waals surface area contributed by atoms with E-state index in [1.165, 1.54) is 0 Å². The number of H-pyrrole nitrogens is 1. The van der Waals surface area contributed by atoms with Crippen molar-refractivity contribution in [2.75, 3.05) is 6.61 Å². The van der Waals surface area contributed by atoms with Crippen LogP contribution in [0.25, 0.3) is 16.8 Å². The van der Waals surface area contributed by atoms with Crippen LogP contribution in [0.1, 0.15) is 24.5 Å². The van der Waals surface area contributed by atoms with E-state index in [9.17, 15) is 18.0 Å².